The Labute approximate surface area is 301 Å². The summed E-state index contributed by atoms with van der Waals surface area (Å²) in [5.74, 6) is 1.89. The van der Waals surface area contributed by atoms with Crippen molar-refractivity contribution < 1.29 is 4.42 Å². The maximum Gasteiger partial charge on any atom is 0.165 e. The van der Waals surface area contributed by atoms with Crippen molar-refractivity contribution in [3.05, 3.63) is 158 Å². The summed E-state index contributed by atoms with van der Waals surface area (Å²) in [7, 11) is 0. The van der Waals surface area contributed by atoms with Crippen LogP contribution in [0.5, 0.6) is 0 Å². The van der Waals surface area contributed by atoms with E-state index in [1.54, 1.807) is 11.3 Å². The average Bonchev–Trinajstić information content (AvgIpc) is 3.80. The van der Waals surface area contributed by atoms with E-state index in [1.807, 2.05) is 48.5 Å². The van der Waals surface area contributed by atoms with Gasteiger partial charge in [-0.2, -0.15) is 0 Å². The van der Waals surface area contributed by atoms with Crippen LogP contribution in [-0.4, -0.2) is 19.9 Å². The van der Waals surface area contributed by atoms with E-state index in [0.29, 0.717) is 17.5 Å². The van der Waals surface area contributed by atoms with E-state index < -0.39 is 0 Å². The maximum atomic E-state index is 6.60. The van der Waals surface area contributed by atoms with Crippen LogP contribution in [0, 0.1) is 0 Å². The number of thiophene rings is 1. The Morgan fingerprint density at radius 1 is 0.404 bits per heavy atom. The largest absolute Gasteiger partial charge is 0.454 e. The fraction of sp³-hybridized carbons (Fsp3) is 0. The molecule has 11 rings (SSSR count). The van der Waals surface area contributed by atoms with E-state index in [0.717, 1.165) is 76.3 Å². The van der Waals surface area contributed by atoms with E-state index in [1.165, 1.54) is 15.5 Å². The lowest BCUT2D eigenvalue weighted by Crippen LogP contribution is -2.01. The molecule has 0 radical (unpaired) electrons. The molecule has 0 fully saturated rings. The summed E-state index contributed by atoms with van der Waals surface area (Å²) >= 11 is 1.78. The molecule has 5 nitrogen and oxygen atoms in total. The van der Waals surface area contributed by atoms with Crippen LogP contribution >= 0.6 is 11.3 Å². The lowest BCUT2D eigenvalue weighted by Gasteiger charge is -2.13. The number of hydrogen-bond acceptors (Lipinski definition) is 6. The summed E-state index contributed by atoms with van der Waals surface area (Å²) in [5.41, 5.74) is 7.20. The van der Waals surface area contributed by atoms with Gasteiger partial charge >= 0.3 is 0 Å². The minimum absolute atomic E-state index is 0.616. The molecule has 0 aliphatic heterocycles. The number of para-hydroxylation sites is 2. The number of pyridine rings is 1. The second kappa shape index (κ2) is 11.4. The summed E-state index contributed by atoms with van der Waals surface area (Å²) in [6.07, 6.45) is 0. The highest BCUT2D eigenvalue weighted by Crippen LogP contribution is 2.43. The summed E-state index contributed by atoms with van der Waals surface area (Å²) in [6.45, 7) is 0. The van der Waals surface area contributed by atoms with Gasteiger partial charge in [-0.3, -0.25) is 0 Å². The number of nitrogens with zero attached hydrogens (tertiary/aromatic N) is 4. The predicted octanol–water partition coefficient (Wildman–Crippen LogP) is 12.5. The smallest absolute Gasteiger partial charge is 0.165 e. The number of benzene rings is 7. The number of hydrogen-bond donors (Lipinski definition) is 0. The normalized spacial score (nSPS) is 11.8. The van der Waals surface area contributed by atoms with Gasteiger partial charge in [0.05, 0.1) is 5.52 Å². The first kappa shape index (κ1) is 29.0. The maximum absolute atomic E-state index is 6.60. The van der Waals surface area contributed by atoms with Crippen molar-refractivity contribution in [2.24, 2.45) is 0 Å². The Hall–Kier alpha value is -6.76. The van der Waals surface area contributed by atoms with Crippen molar-refractivity contribution in [1.82, 2.24) is 19.9 Å². The first-order chi connectivity index (χ1) is 25.8. The Morgan fingerprint density at radius 3 is 1.87 bits per heavy atom. The molecular formula is C46H26N4OS. The van der Waals surface area contributed by atoms with E-state index in [4.69, 9.17) is 24.4 Å². The van der Waals surface area contributed by atoms with Gasteiger partial charge in [-0.25, -0.2) is 19.9 Å². The summed E-state index contributed by atoms with van der Waals surface area (Å²) < 4.78 is 9.01. The quantitative estimate of drug-likeness (QED) is 0.185. The molecule has 0 aliphatic rings. The van der Waals surface area contributed by atoms with Gasteiger partial charge in [0.25, 0.3) is 0 Å². The van der Waals surface area contributed by atoms with Gasteiger partial charge in [-0.15, -0.1) is 11.3 Å². The zero-order valence-corrected chi connectivity index (χ0v) is 28.4. The van der Waals surface area contributed by atoms with Gasteiger partial charge in [0.1, 0.15) is 11.3 Å². The highest BCUT2D eigenvalue weighted by atomic mass is 32.1. The standard InChI is InChI=1S/C46H26N4OS/c1-2-13-27(14-3-1)44-48-45(50-46(49-44)36-21-12-20-32-30-17-8-11-24-39(30)52-43(32)36)33-26-25-31(28-15-4-5-16-29(28)33)41-42-40(34-18-6-9-22-37(34)47-41)35-19-7-10-23-38(35)51-42/h1-26H. The first-order valence-electron chi connectivity index (χ1n) is 17.2. The number of aromatic nitrogens is 4. The molecule has 0 spiro atoms. The van der Waals surface area contributed by atoms with Crippen LogP contribution in [0.25, 0.3) is 109 Å². The predicted molar refractivity (Wildman–Crippen MR) is 215 cm³/mol. The third-order valence-electron chi connectivity index (χ3n) is 9.95. The molecule has 4 aromatic heterocycles. The highest BCUT2D eigenvalue weighted by molar-refractivity contribution is 7.26. The molecule has 0 amide bonds. The molecule has 0 saturated heterocycles. The topological polar surface area (TPSA) is 64.7 Å². The minimum atomic E-state index is 0.616. The lowest BCUT2D eigenvalue weighted by molar-refractivity contribution is 0.669. The Kier molecular flexibility index (Phi) is 6.35. The van der Waals surface area contributed by atoms with Crippen LogP contribution in [0.2, 0.25) is 0 Å². The fourth-order valence-electron chi connectivity index (χ4n) is 7.57. The van der Waals surface area contributed by atoms with E-state index in [-0.39, 0.29) is 0 Å². The van der Waals surface area contributed by atoms with Crippen molar-refractivity contribution in [2.75, 3.05) is 0 Å². The van der Waals surface area contributed by atoms with Crippen molar-refractivity contribution in [3.8, 4) is 45.4 Å². The van der Waals surface area contributed by atoms with Crippen LogP contribution in [0.4, 0.5) is 0 Å². The van der Waals surface area contributed by atoms with E-state index >= 15 is 0 Å². The number of furan rings is 1. The van der Waals surface area contributed by atoms with Crippen molar-refractivity contribution in [1.29, 1.82) is 0 Å². The number of fused-ring (bicyclic) bond motifs is 9. The van der Waals surface area contributed by atoms with Crippen LogP contribution in [-0.2, 0) is 0 Å². The fourth-order valence-corrected chi connectivity index (χ4v) is 8.78. The van der Waals surface area contributed by atoms with Gasteiger partial charge < -0.3 is 4.42 Å². The third kappa shape index (κ3) is 4.41. The van der Waals surface area contributed by atoms with Crippen molar-refractivity contribution in [2.45, 2.75) is 0 Å². The second-order valence-electron chi connectivity index (χ2n) is 12.9. The van der Waals surface area contributed by atoms with Gasteiger partial charge in [0.2, 0.25) is 0 Å². The van der Waals surface area contributed by atoms with Crippen molar-refractivity contribution >= 4 is 75.1 Å². The molecule has 0 N–H and O–H groups in total. The molecule has 0 aliphatic carbocycles. The zero-order valence-electron chi connectivity index (χ0n) is 27.6. The monoisotopic (exact) mass is 682 g/mol. The Bertz CT molecular complexity index is 3200. The SMILES string of the molecule is c1ccc(-c2nc(-c3ccc(-c4nc5ccccc5c5c4oc4ccccc45)c4ccccc34)nc(-c3cccc4c3sc3ccccc34)n2)cc1. The van der Waals surface area contributed by atoms with Crippen LogP contribution in [0.15, 0.2) is 162 Å². The molecule has 0 atom stereocenters. The summed E-state index contributed by atoms with van der Waals surface area (Å²) in [4.78, 5) is 20.7. The third-order valence-corrected chi connectivity index (χ3v) is 11.2. The number of rotatable bonds is 4. The van der Waals surface area contributed by atoms with Crippen LogP contribution in [0.1, 0.15) is 0 Å². The van der Waals surface area contributed by atoms with Gasteiger partial charge in [-0.1, -0.05) is 127 Å². The summed E-state index contributed by atoms with van der Waals surface area (Å²) in [5, 5.41) is 7.74. The molecule has 4 heterocycles. The van der Waals surface area contributed by atoms with Gasteiger partial charge in [0.15, 0.2) is 23.1 Å². The minimum Gasteiger partial charge on any atom is -0.454 e. The van der Waals surface area contributed by atoms with Crippen molar-refractivity contribution in [3.63, 3.8) is 0 Å². The molecule has 6 heteroatoms. The van der Waals surface area contributed by atoms with Gasteiger partial charge in [0, 0.05) is 58.6 Å². The molecule has 7 aromatic carbocycles. The molecule has 0 bridgehead atoms. The van der Waals surface area contributed by atoms with E-state index in [9.17, 15) is 0 Å². The molecular weight excluding hydrogens is 657 g/mol. The molecule has 0 unspecified atom stereocenters. The summed E-state index contributed by atoms with van der Waals surface area (Å²) in [6, 6.07) is 54.3. The Balaban J connectivity index is 1.17. The van der Waals surface area contributed by atoms with Crippen LogP contribution < -0.4 is 0 Å². The van der Waals surface area contributed by atoms with Gasteiger partial charge in [-0.05, 0) is 41.1 Å². The van der Waals surface area contributed by atoms with E-state index in [2.05, 4.69) is 109 Å². The van der Waals surface area contributed by atoms with Crippen LogP contribution in [0.3, 0.4) is 0 Å². The second-order valence-corrected chi connectivity index (χ2v) is 14.0. The lowest BCUT2D eigenvalue weighted by atomic mass is 9.95. The zero-order chi connectivity index (χ0) is 34.2. The Morgan fingerprint density at radius 2 is 1.02 bits per heavy atom. The average molecular weight is 683 g/mol. The molecule has 52 heavy (non-hydrogen) atoms. The molecule has 0 saturated carbocycles. The molecule has 11 aromatic rings. The first-order valence-corrected chi connectivity index (χ1v) is 18.0. The highest BCUT2D eigenvalue weighted by Gasteiger charge is 2.22. The molecule has 242 valence electrons.